The summed E-state index contributed by atoms with van der Waals surface area (Å²) < 4.78 is 23.4. The minimum Gasteiger partial charge on any atom is -0.289 e. The standard InChI is InChI=1S/C15H16O3S/c1-3-4-6-11-9-10-12-13(15(11)16)7-5-8-14(12)19(2,17)18/h5-10H,3-4H2,1-2H3/b11-6-. The van der Waals surface area contributed by atoms with E-state index in [1.165, 1.54) is 6.07 Å². The van der Waals surface area contributed by atoms with Crippen molar-refractivity contribution in [2.75, 3.05) is 6.26 Å². The number of carbonyl (C=O) groups excluding carboxylic acids is 1. The Bertz CT molecular complexity index is 679. The van der Waals surface area contributed by atoms with Gasteiger partial charge in [-0.05, 0) is 12.5 Å². The summed E-state index contributed by atoms with van der Waals surface area (Å²) in [6, 6.07) is 4.83. The highest BCUT2D eigenvalue weighted by atomic mass is 32.2. The number of Topliss-reactive ketones (excluding diaryl/α,β-unsaturated/α-hetero) is 1. The smallest absolute Gasteiger partial charge is 0.193 e. The molecule has 0 bridgehead atoms. The van der Waals surface area contributed by atoms with Crippen LogP contribution in [-0.4, -0.2) is 20.5 Å². The van der Waals surface area contributed by atoms with Gasteiger partial charge >= 0.3 is 0 Å². The lowest BCUT2D eigenvalue weighted by atomic mass is 9.92. The Labute approximate surface area is 113 Å². The van der Waals surface area contributed by atoms with Crippen molar-refractivity contribution < 1.29 is 13.2 Å². The highest BCUT2D eigenvalue weighted by Crippen LogP contribution is 2.28. The van der Waals surface area contributed by atoms with Crippen molar-refractivity contribution in [3.05, 3.63) is 47.1 Å². The van der Waals surface area contributed by atoms with Gasteiger partial charge < -0.3 is 0 Å². The van der Waals surface area contributed by atoms with Crippen LogP contribution in [0.1, 0.15) is 35.7 Å². The molecule has 1 aromatic carbocycles. The largest absolute Gasteiger partial charge is 0.289 e. The van der Waals surface area contributed by atoms with Crippen molar-refractivity contribution >= 4 is 21.7 Å². The third-order valence-electron chi connectivity index (χ3n) is 3.05. The minimum absolute atomic E-state index is 0.101. The average molecular weight is 276 g/mol. The third kappa shape index (κ3) is 2.68. The Morgan fingerprint density at radius 3 is 2.58 bits per heavy atom. The summed E-state index contributed by atoms with van der Waals surface area (Å²) in [6.45, 7) is 2.05. The van der Waals surface area contributed by atoms with Gasteiger partial charge in [-0.25, -0.2) is 8.42 Å². The van der Waals surface area contributed by atoms with Crippen molar-refractivity contribution in [1.82, 2.24) is 0 Å². The highest BCUT2D eigenvalue weighted by molar-refractivity contribution is 7.90. The van der Waals surface area contributed by atoms with E-state index < -0.39 is 9.84 Å². The first-order valence-electron chi connectivity index (χ1n) is 6.21. The molecule has 1 aliphatic rings. The first kappa shape index (κ1) is 13.7. The van der Waals surface area contributed by atoms with Crippen molar-refractivity contribution in [2.24, 2.45) is 0 Å². The quantitative estimate of drug-likeness (QED) is 0.797. The predicted molar refractivity (Wildman–Crippen MR) is 75.9 cm³/mol. The number of allylic oxidation sites excluding steroid dienone is 3. The van der Waals surface area contributed by atoms with Gasteiger partial charge in [0.2, 0.25) is 0 Å². The molecule has 0 radical (unpaired) electrons. The van der Waals surface area contributed by atoms with Crippen LogP contribution in [0, 0.1) is 0 Å². The van der Waals surface area contributed by atoms with Gasteiger partial charge in [0.1, 0.15) is 0 Å². The van der Waals surface area contributed by atoms with Crippen LogP contribution in [0.5, 0.6) is 0 Å². The number of hydrogen-bond donors (Lipinski definition) is 0. The molecule has 0 heterocycles. The molecule has 1 aromatic rings. The second-order valence-corrected chi connectivity index (χ2v) is 6.58. The molecule has 2 rings (SSSR count). The lowest BCUT2D eigenvalue weighted by Crippen LogP contribution is -2.11. The summed E-state index contributed by atoms with van der Waals surface area (Å²) in [4.78, 5) is 12.5. The molecule has 0 unspecified atom stereocenters. The fourth-order valence-electron chi connectivity index (χ4n) is 2.10. The summed E-state index contributed by atoms with van der Waals surface area (Å²) in [5, 5.41) is 0. The molecule has 4 heteroatoms. The zero-order chi connectivity index (χ0) is 14.0. The van der Waals surface area contributed by atoms with Gasteiger partial charge in [0, 0.05) is 23.0 Å². The van der Waals surface area contributed by atoms with E-state index in [-0.39, 0.29) is 10.7 Å². The number of hydrogen-bond acceptors (Lipinski definition) is 3. The summed E-state index contributed by atoms with van der Waals surface area (Å²) in [5.74, 6) is -0.101. The van der Waals surface area contributed by atoms with E-state index >= 15 is 0 Å². The zero-order valence-electron chi connectivity index (χ0n) is 11.0. The number of benzene rings is 1. The van der Waals surface area contributed by atoms with E-state index in [4.69, 9.17) is 0 Å². The Kier molecular flexibility index (Phi) is 3.71. The summed E-state index contributed by atoms with van der Waals surface area (Å²) in [6.07, 6.45) is 8.29. The van der Waals surface area contributed by atoms with Crippen LogP contribution in [0.4, 0.5) is 0 Å². The second kappa shape index (κ2) is 5.13. The molecule has 0 saturated heterocycles. The third-order valence-corrected chi connectivity index (χ3v) is 4.21. The lowest BCUT2D eigenvalue weighted by molar-refractivity contribution is 0.103. The van der Waals surface area contributed by atoms with Crippen molar-refractivity contribution in [1.29, 1.82) is 0 Å². The molecule has 1 aliphatic carbocycles. The Balaban J connectivity index is 2.57. The maximum Gasteiger partial charge on any atom is 0.193 e. The summed E-state index contributed by atoms with van der Waals surface area (Å²) in [7, 11) is -3.33. The number of ketones is 1. The number of fused-ring (bicyclic) bond motifs is 1. The SMILES string of the molecule is CCC/C=C1/C=Cc2c(cccc2S(C)(=O)=O)C1=O. The molecule has 0 atom stereocenters. The second-order valence-electron chi connectivity index (χ2n) is 4.60. The number of unbranched alkanes of at least 4 members (excludes halogenated alkanes) is 1. The van der Waals surface area contributed by atoms with Crippen molar-refractivity contribution in [2.45, 2.75) is 24.7 Å². The van der Waals surface area contributed by atoms with Gasteiger partial charge in [-0.3, -0.25) is 4.79 Å². The Morgan fingerprint density at radius 2 is 1.95 bits per heavy atom. The first-order chi connectivity index (χ1) is 8.95. The fourth-order valence-corrected chi connectivity index (χ4v) is 3.01. The molecular weight excluding hydrogens is 260 g/mol. The van der Waals surface area contributed by atoms with E-state index in [1.807, 2.05) is 13.0 Å². The average Bonchev–Trinajstić information content (AvgIpc) is 2.36. The molecule has 0 fully saturated rings. The molecule has 0 aliphatic heterocycles. The molecule has 0 aromatic heterocycles. The van der Waals surface area contributed by atoms with E-state index in [9.17, 15) is 13.2 Å². The van der Waals surface area contributed by atoms with Crippen LogP contribution in [0.15, 0.2) is 40.8 Å². The molecule has 100 valence electrons. The fraction of sp³-hybridized carbons (Fsp3) is 0.267. The van der Waals surface area contributed by atoms with Crippen LogP contribution in [0.2, 0.25) is 0 Å². The van der Waals surface area contributed by atoms with Crippen LogP contribution in [-0.2, 0) is 9.84 Å². The van der Waals surface area contributed by atoms with Gasteiger partial charge in [-0.15, -0.1) is 0 Å². The molecular formula is C15H16O3S. The normalized spacial score (nSPS) is 16.7. The molecule has 3 nitrogen and oxygen atoms in total. The van der Waals surface area contributed by atoms with E-state index in [0.29, 0.717) is 16.7 Å². The van der Waals surface area contributed by atoms with Gasteiger partial charge in [-0.2, -0.15) is 0 Å². The summed E-state index contributed by atoms with van der Waals surface area (Å²) >= 11 is 0. The Hall–Kier alpha value is -1.68. The molecule has 0 N–H and O–H groups in total. The van der Waals surface area contributed by atoms with Gasteiger partial charge in [0.15, 0.2) is 15.6 Å². The minimum atomic E-state index is -3.33. The van der Waals surface area contributed by atoms with Gasteiger partial charge in [0.05, 0.1) is 4.90 Å². The summed E-state index contributed by atoms with van der Waals surface area (Å²) in [5.41, 5.74) is 1.61. The number of rotatable bonds is 3. The van der Waals surface area contributed by atoms with Crippen LogP contribution in [0.25, 0.3) is 6.08 Å². The van der Waals surface area contributed by atoms with Gasteiger partial charge in [-0.1, -0.05) is 43.7 Å². The van der Waals surface area contributed by atoms with Crippen LogP contribution in [0.3, 0.4) is 0 Å². The number of carbonyl (C=O) groups is 1. The van der Waals surface area contributed by atoms with Crippen LogP contribution < -0.4 is 0 Å². The van der Waals surface area contributed by atoms with E-state index in [2.05, 4.69) is 0 Å². The molecule has 19 heavy (non-hydrogen) atoms. The van der Waals surface area contributed by atoms with E-state index in [1.54, 1.807) is 24.3 Å². The lowest BCUT2D eigenvalue weighted by Gasteiger charge is -2.14. The van der Waals surface area contributed by atoms with E-state index in [0.717, 1.165) is 19.1 Å². The molecule has 0 saturated carbocycles. The molecule has 0 spiro atoms. The maximum absolute atomic E-state index is 12.3. The number of sulfone groups is 1. The zero-order valence-corrected chi connectivity index (χ0v) is 11.8. The molecule has 0 amide bonds. The van der Waals surface area contributed by atoms with Crippen LogP contribution >= 0.6 is 0 Å². The maximum atomic E-state index is 12.3. The topological polar surface area (TPSA) is 51.2 Å². The highest BCUT2D eigenvalue weighted by Gasteiger charge is 2.22. The predicted octanol–water partition coefficient (Wildman–Crippen LogP) is 3.03. The van der Waals surface area contributed by atoms with Crippen molar-refractivity contribution in [3.8, 4) is 0 Å². The Morgan fingerprint density at radius 1 is 1.21 bits per heavy atom. The first-order valence-corrected chi connectivity index (χ1v) is 8.10. The van der Waals surface area contributed by atoms with Crippen molar-refractivity contribution in [3.63, 3.8) is 0 Å². The van der Waals surface area contributed by atoms with Gasteiger partial charge in [0.25, 0.3) is 0 Å². The monoisotopic (exact) mass is 276 g/mol.